The molecule has 0 unspecified atom stereocenters. The number of hydrogen-bond donors (Lipinski definition) is 1. The first kappa shape index (κ1) is 15.1. The van der Waals surface area contributed by atoms with E-state index in [1.807, 2.05) is 0 Å². The number of carbonyl (C=O) groups excluding carboxylic acids is 1. The summed E-state index contributed by atoms with van der Waals surface area (Å²) in [6.45, 7) is 2.08. The minimum absolute atomic E-state index is 0.0182. The molecule has 104 valence electrons. The standard InChI is InChI=1S/C13H14F3NO2/c1-9(2)7-12(18)17-10-5-3-4-6-11(10)19-8-13(14,15)16/h3-7H,8H2,1-2H3,(H,17,18). The zero-order valence-electron chi connectivity index (χ0n) is 10.5. The van der Waals surface area contributed by atoms with Crippen LogP contribution in [0.1, 0.15) is 13.8 Å². The largest absolute Gasteiger partial charge is 0.482 e. The molecule has 0 heterocycles. The summed E-state index contributed by atoms with van der Waals surface area (Å²) < 4.78 is 40.9. The second-order valence-corrected chi connectivity index (χ2v) is 4.11. The molecule has 0 aromatic heterocycles. The topological polar surface area (TPSA) is 38.3 Å². The maximum absolute atomic E-state index is 12.1. The first-order valence-electron chi connectivity index (χ1n) is 5.52. The highest BCUT2D eigenvalue weighted by atomic mass is 19.4. The number of hydrogen-bond acceptors (Lipinski definition) is 2. The zero-order valence-corrected chi connectivity index (χ0v) is 10.5. The van der Waals surface area contributed by atoms with Crippen LogP contribution in [-0.4, -0.2) is 18.7 Å². The van der Waals surface area contributed by atoms with Crippen molar-refractivity contribution in [2.24, 2.45) is 0 Å². The van der Waals surface area contributed by atoms with Gasteiger partial charge in [-0.3, -0.25) is 4.79 Å². The second-order valence-electron chi connectivity index (χ2n) is 4.11. The molecule has 0 spiro atoms. The van der Waals surface area contributed by atoms with E-state index in [4.69, 9.17) is 0 Å². The quantitative estimate of drug-likeness (QED) is 0.852. The highest BCUT2D eigenvalue weighted by Crippen LogP contribution is 2.26. The highest BCUT2D eigenvalue weighted by Gasteiger charge is 2.28. The van der Waals surface area contributed by atoms with Crippen molar-refractivity contribution in [2.75, 3.05) is 11.9 Å². The number of para-hydroxylation sites is 2. The van der Waals surface area contributed by atoms with Crippen LogP contribution >= 0.6 is 0 Å². The van der Waals surface area contributed by atoms with Gasteiger partial charge in [-0.05, 0) is 26.0 Å². The van der Waals surface area contributed by atoms with Gasteiger partial charge in [0.1, 0.15) is 5.75 Å². The average molecular weight is 273 g/mol. The van der Waals surface area contributed by atoms with E-state index in [1.165, 1.54) is 24.3 Å². The summed E-state index contributed by atoms with van der Waals surface area (Å²) >= 11 is 0. The molecule has 0 fully saturated rings. The summed E-state index contributed by atoms with van der Waals surface area (Å²) in [7, 11) is 0. The molecule has 1 N–H and O–H groups in total. The van der Waals surface area contributed by atoms with Crippen LogP contribution < -0.4 is 10.1 Å². The predicted octanol–water partition coefficient (Wildman–Crippen LogP) is 3.53. The first-order valence-corrected chi connectivity index (χ1v) is 5.52. The number of allylic oxidation sites excluding steroid dienone is 1. The van der Waals surface area contributed by atoms with Crippen molar-refractivity contribution in [3.63, 3.8) is 0 Å². The second kappa shape index (κ2) is 6.26. The Bertz CT molecular complexity index is 477. The minimum atomic E-state index is -4.42. The molecule has 0 radical (unpaired) electrons. The van der Waals surface area contributed by atoms with Crippen molar-refractivity contribution >= 4 is 11.6 Å². The van der Waals surface area contributed by atoms with Crippen LogP contribution in [0, 0.1) is 0 Å². The fourth-order valence-electron chi connectivity index (χ4n) is 1.29. The SMILES string of the molecule is CC(C)=CC(=O)Nc1ccccc1OCC(F)(F)F. The number of halogens is 3. The van der Waals surface area contributed by atoms with Crippen molar-refractivity contribution in [2.45, 2.75) is 20.0 Å². The number of carbonyl (C=O) groups is 1. The summed E-state index contributed by atoms with van der Waals surface area (Å²) in [5.74, 6) is -0.432. The van der Waals surface area contributed by atoms with Crippen molar-refractivity contribution in [1.29, 1.82) is 0 Å². The molecule has 0 saturated heterocycles. The Labute approximate surface area is 109 Å². The normalized spacial score (nSPS) is 10.8. The number of amides is 1. The van der Waals surface area contributed by atoms with Crippen LogP contribution in [0.3, 0.4) is 0 Å². The lowest BCUT2D eigenvalue weighted by atomic mass is 10.2. The molecule has 1 amide bonds. The van der Waals surface area contributed by atoms with E-state index in [-0.39, 0.29) is 11.4 Å². The third-order valence-corrected chi connectivity index (χ3v) is 1.96. The lowest BCUT2D eigenvalue weighted by Crippen LogP contribution is -2.20. The molecule has 0 aliphatic rings. The molecular weight excluding hydrogens is 259 g/mol. The summed E-state index contributed by atoms with van der Waals surface area (Å²) in [5.41, 5.74) is 0.987. The van der Waals surface area contributed by atoms with Gasteiger partial charge in [0.25, 0.3) is 0 Å². The van der Waals surface area contributed by atoms with Gasteiger partial charge < -0.3 is 10.1 Å². The van der Waals surface area contributed by atoms with Crippen molar-refractivity contribution in [3.05, 3.63) is 35.9 Å². The molecule has 0 bridgehead atoms. The predicted molar refractivity (Wildman–Crippen MR) is 66.1 cm³/mol. The fourth-order valence-corrected chi connectivity index (χ4v) is 1.29. The summed E-state index contributed by atoms with van der Waals surface area (Å²) in [4.78, 5) is 11.5. The van der Waals surface area contributed by atoms with Gasteiger partial charge in [0.05, 0.1) is 5.69 Å². The average Bonchev–Trinajstić information content (AvgIpc) is 2.25. The minimum Gasteiger partial charge on any atom is -0.482 e. The van der Waals surface area contributed by atoms with Crippen LogP contribution in [0.25, 0.3) is 0 Å². The van der Waals surface area contributed by atoms with Crippen LogP contribution in [0.5, 0.6) is 5.75 Å². The molecule has 0 atom stereocenters. The molecule has 1 rings (SSSR count). The number of anilines is 1. The molecule has 0 aliphatic carbocycles. The van der Waals surface area contributed by atoms with Crippen molar-refractivity contribution < 1.29 is 22.7 Å². The molecule has 0 saturated carbocycles. The summed E-state index contributed by atoms with van der Waals surface area (Å²) in [6.07, 6.45) is -3.07. The highest BCUT2D eigenvalue weighted by molar-refractivity contribution is 6.00. The van der Waals surface area contributed by atoms with E-state index in [0.717, 1.165) is 5.57 Å². The lowest BCUT2D eigenvalue weighted by molar-refractivity contribution is -0.153. The van der Waals surface area contributed by atoms with Gasteiger partial charge >= 0.3 is 6.18 Å². The summed E-state index contributed by atoms with van der Waals surface area (Å²) in [5, 5.41) is 2.47. The van der Waals surface area contributed by atoms with Gasteiger partial charge in [-0.2, -0.15) is 13.2 Å². The van der Waals surface area contributed by atoms with E-state index in [9.17, 15) is 18.0 Å². The monoisotopic (exact) mass is 273 g/mol. The molecule has 19 heavy (non-hydrogen) atoms. The van der Waals surface area contributed by atoms with E-state index in [2.05, 4.69) is 10.1 Å². The van der Waals surface area contributed by atoms with Crippen LogP contribution in [0.2, 0.25) is 0 Å². The Kier molecular flexibility index (Phi) is 4.97. The third kappa shape index (κ3) is 5.94. The Morgan fingerprint density at radius 3 is 2.53 bits per heavy atom. The van der Waals surface area contributed by atoms with Gasteiger partial charge in [-0.25, -0.2) is 0 Å². The summed E-state index contributed by atoms with van der Waals surface area (Å²) in [6, 6.07) is 5.97. The molecule has 6 heteroatoms. The van der Waals surface area contributed by atoms with Crippen molar-refractivity contribution in [3.8, 4) is 5.75 Å². The fraction of sp³-hybridized carbons (Fsp3) is 0.308. The zero-order chi connectivity index (χ0) is 14.5. The smallest absolute Gasteiger partial charge is 0.422 e. The van der Waals surface area contributed by atoms with E-state index in [0.29, 0.717) is 0 Å². The van der Waals surface area contributed by atoms with E-state index in [1.54, 1.807) is 19.9 Å². The molecule has 0 aliphatic heterocycles. The maximum atomic E-state index is 12.1. The molecule has 1 aromatic carbocycles. The van der Waals surface area contributed by atoms with Gasteiger partial charge in [-0.1, -0.05) is 17.7 Å². The van der Waals surface area contributed by atoms with Gasteiger partial charge in [0.2, 0.25) is 5.91 Å². The van der Waals surface area contributed by atoms with Crippen LogP contribution in [-0.2, 0) is 4.79 Å². The Morgan fingerprint density at radius 1 is 1.32 bits per heavy atom. The Hall–Kier alpha value is -1.98. The lowest BCUT2D eigenvalue weighted by Gasteiger charge is -2.13. The van der Waals surface area contributed by atoms with Gasteiger partial charge in [-0.15, -0.1) is 0 Å². The molecule has 1 aromatic rings. The van der Waals surface area contributed by atoms with E-state index >= 15 is 0 Å². The van der Waals surface area contributed by atoms with Crippen LogP contribution in [0.15, 0.2) is 35.9 Å². The number of ether oxygens (including phenoxy) is 1. The Balaban J connectivity index is 2.79. The van der Waals surface area contributed by atoms with Gasteiger partial charge in [0.15, 0.2) is 6.61 Å². The van der Waals surface area contributed by atoms with Gasteiger partial charge in [0, 0.05) is 6.08 Å². The maximum Gasteiger partial charge on any atom is 0.422 e. The number of alkyl halides is 3. The molecule has 3 nitrogen and oxygen atoms in total. The Morgan fingerprint density at radius 2 is 1.95 bits per heavy atom. The molecular formula is C13H14F3NO2. The number of nitrogens with one attached hydrogen (secondary N) is 1. The number of rotatable bonds is 4. The number of benzene rings is 1. The third-order valence-electron chi connectivity index (χ3n) is 1.96. The first-order chi connectivity index (χ1) is 8.78. The van der Waals surface area contributed by atoms with Crippen molar-refractivity contribution in [1.82, 2.24) is 0 Å². The van der Waals surface area contributed by atoms with Crippen LogP contribution in [0.4, 0.5) is 18.9 Å². The van der Waals surface area contributed by atoms with E-state index < -0.39 is 18.7 Å².